The van der Waals surface area contributed by atoms with Crippen LogP contribution in [0.25, 0.3) is 11.3 Å². The largest absolute Gasteiger partial charge is 0.352 e. The number of rotatable bonds is 4. The zero-order valence-electron chi connectivity index (χ0n) is 14.8. The molecule has 0 radical (unpaired) electrons. The molecule has 0 amide bonds. The Labute approximate surface area is 152 Å². The first-order valence-electron chi connectivity index (χ1n) is 8.88. The molecule has 1 aliphatic rings. The van der Waals surface area contributed by atoms with Crippen LogP contribution in [0.2, 0.25) is 0 Å². The van der Waals surface area contributed by atoms with Crippen LogP contribution in [0.4, 0.5) is 11.8 Å². The molecule has 0 saturated carbocycles. The van der Waals surface area contributed by atoms with Gasteiger partial charge in [0.2, 0.25) is 5.95 Å². The number of hydrogen-bond acceptors (Lipinski definition) is 7. The van der Waals surface area contributed by atoms with Crippen molar-refractivity contribution >= 4 is 11.8 Å². The Bertz CT molecular complexity index is 826. The van der Waals surface area contributed by atoms with Crippen molar-refractivity contribution in [3.63, 3.8) is 0 Å². The van der Waals surface area contributed by atoms with E-state index in [9.17, 15) is 0 Å². The summed E-state index contributed by atoms with van der Waals surface area (Å²) in [6, 6.07) is 7.91. The number of piperazine rings is 1. The molecule has 0 aliphatic carbocycles. The molecule has 0 aromatic carbocycles. The lowest BCUT2D eigenvalue weighted by atomic mass is 10.2. The summed E-state index contributed by atoms with van der Waals surface area (Å²) >= 11 is 0. The second-order valence-corrected chi connectivity index (χ2v) is 6.24. The van der Waals surface area contributed by atoms with E-state index in [0.29, 0.717) is 0 Å². The lowest BCUT2D eigenvalue weighted by Gasteiger charge is -2.35. The number of hydrogen-bond donors (Lipinski definition) is 0. The van der Waals surface area contributed by atoms with E-state index in [0.717, 1.165) is 61.2 Å². The minimum atomic E-state index is 0.805. The summed E-state index contributed by atoms with van der Waals surface area (Å²) in [6.07, 6.45) is 8.34. The first-order valence-corrected chi connectivity index (χ1v) is 8.88. The van der Waals surface area contributed by atoms with E-state index in [1.54, 1.807) is 12.4 Å². The van der Waals surface area contributed by atoms with Gasteiger partial charge in [0.15, 0.2) is 5.82 Å². The molecule has 0 unspecified atom stereocenters. The fourth-order valence-electron chi connectivity index (χ4n) is 2.99. The molecule has 26 heavy (non-hydrogen) atoms. The Kier molecular flexibility index (Phi) is 4.68. The van der Waals surface area contributed by atoms with E-state index in [-0.39, 0.29) is 0 Å². The molecule has 1 aliphatic heterocycles. The molecule has 4 rings (SSSR count). The third-order valence-corrected chi connectivity index (χ3v) is 4.59. The first-order chi connectivity index (χ1) is 12.8. The highest BCUT2D eigenvalue weighted by Crippen LogP contribution is 2.19. The minimum Gasteiger partial charge on any atom is -0.352 e. The number of aryl methyl sites for hydroxylation is 1. The van der Waals surface area contributed by atoms with Crippen molar-refractivity contribution in [2.45, 2.75) is 13.3 Å². The second-order valence-electron chi connectivity index (χ2n) is 6.24. The van der Waals surface area contributed by atoms with Gasteiger partial charge in [0, 0.05) is 56.5 Å². The molecule has 3 aromatic heterocycles. The van der Waals surface area contributed by atoms with Crippen molar-refractivity contribution in [1.29, 1.82) is 0 Å². The summed E-state index contributed by atoms with van der Waals surface area (Å²) in [7, 11) is 0. The van der Waals surface area contributed by atoms with E-state index >= 15 is 0 Å². The SMILES string of the molecule is CCc1cnc(N2CCN(c3ccc(-c4cccnc4)nn3)CC2)nc1. The van der Waals surface area contributed by atoms with E-state index in [2.05, 4.69) is 41.9 Å². The van der Waals surface area contributed by atoms with Crippen molar-refractivity contribution in [3.05, 3.63) is 54.6 Å². The van der Waals surface area contributed by atoms with Crippen molar-refractivity contribution in [3.8, 4) is 11.3 Å². The van der Waals surface area contributed by atoms with Gasteiger partial charge in [-0.1, -0.05) is 6.92 Å². The third kappa shape index (κ3) is 3.46. The van der Waals surface area contributed by atoms with Crippen molar-refractivity contribution in [2.75, 3.05) is 36.0 Å². The van der Waals surface area contributed by atoms with Crippen LogP contribution in [0.5, 0.6) is 0 Å². The summed E-state index contributed by atoms with van der Waals surface area (Å²) in [5, 5.41) is 8.75. The summed E-state index contributed by atoms with van der Waals surface area (Å²) in [5.74, 6) is 1.71. The smallest absolute Gasteiger partial charge is 0.225 e. The Morgan fingerprint density at radius 3 is 2.27 bits per heavy atom. The highest BCUT2D eigenvalue weighted by Gasteiger charge is 2.20. The van der Waals surface area contributed by atoms with Gasteiger partial charge in [-0.25, -0.2) is 9.97 Å². The van der Waals surface area contributed by atoms with Crippen LogP contribution in [-0.2, 0) is 6.42 Å². The maximum Gasteiger partial charge on any atom is 0.225 e. The molecule has 7 heteroatoms. The zero-order valence-corrected chi connectivity index (χ0v) is 14.8. The van der Waals surface area contributed by atoms with Crippen molar-refractivity contribution < 1.29 is 0 Å². The van der Waals surface area contributed by atoms with Crippen LogP contribution in [0.3, 0.4) is 0 Å². The van der Waals surface area contributed by atoms with Crippen LogP contribution >= 0.6 is 0 Å². The topological polar surface area (TPSA) is 70.9 Å². The molecule has 1 fully saturated rings. The quantitative estimate of drug-likeness (QED) is 0.716. The summed E-state index contributed by atoms with van der Waals surface area (Å²) in [5.41, 5.74) is 2.98. The van der Waals surface area contributed by atoms with Crippen LogP contribution in [-0.4, -0.2) is 51.3 Å². The molecule has 4 heterocycles. The van der Waals surface area contributed by atoms with Gasteiger partial charge < -0.3 is 9.80 Å². The predicted molar refractivity (Wildman–Crippen MR) is 101 cm³/mol. The standard InChI is InChI=1S/C19H21N7/c1-2-15-12-21-19(22-13-15)26-10-8-25(9-11-26)18-6-5-17(23-24-18)16-4-3-7-20-14-16/h3-7,12-14H,2,8-11H2,1H3. The van der Waals surface area contributed by atoms with E-state index in [1.807, 2.05) is 36.7 Å². The number of nitrogens with zero attached hydrogens (tertiary/aromatic N) is 7. The average Bonchev–Trinajstić information content (AvgIpc) is 2.75. The molecule has 7 nitrogen and oxygen atoms in total. The van der Waals surface area contributed by atoms with Gasteiger partial charge >= 0.3 is 0 Å². The minimum absolute atomic E-state index is 0.805. The van der Waals surface area contributed by atoms with Gasteiger partial charge in [-0.2, -0.15) is 0 Å². The highest BCUT2D eigenvalue weighted by molar-refractivity contribution is 5.58. The molecular formula is C19H21N7. The molecule has 0 N–H and O–H groups in total. The molecular weight excluding hydrogens is 326 g/mol. The van der Waals surface area contributed by atoms with Gasteiger partial charge in [0.1, 0.15) is 0 Å². The zero-order chi connectivity index (χ0) is 17.8. The number of aromatic nitrogens is 5. The van der Waals surface area contributed by atoms with Crippen LogP contribution in [0, 0.1) is 0 Å². The monoisotopic (exact) mass is 347 g/mol. The fourth-order valence-corrected chi connectivity index (χ4v) is 2.99. The lowest BCUT2D eigenvalue weighted by Crippen LogP contribution is -2.47. The van der Waals surface area contributed by atoms with Gasteiger partial charge in [-0.15, -0.1) is 10.2 Å². The van der Waals surface area contributed by atoms with Crippen molar-refractivity contribution in [1.82, 2.24) is 25.1 Å². The van der Waals surface area contributed by atoms with Crippen LogP contribution < -0.4 is 9.80 Å². The van der Waals surface area contributed by atoms with E-state index in [1.165, 1.54) is 0 Å². The van der Waals surface area contributed by atoms with E-state index < -0.39 is 0 Å². The molecule has 0 spiro atoms. The maximum atomic E-state index is 4.48. The molecule has 0 atom stereocenters. The maximum absolute atomic E-state index is 4.48. The Morgan fingerprint density at radius 1 is 0.885 bits per heavy atom. The Hall–Kier alpha value is -3.09. The summed E-state index contributed by atoms with van der Waals surface area (Å²) in [6.45, 7) is 5.60. The van der Waals surface area contributed by atoms with Gasteiger partial charge in [0.25, 0.3) is 0 Å². The third-order valence-electron chi connectivity index (χ3n) is 4.59. The first kappa shape index (κ1) is 16.4. The van der Waals surface area contributed by atoms with Gasteiger partial charge in [-0.3, -0.25) is 4.98 Å². The van der Waals surface area contributed by atoms with Crippen molar-refractivity contribution in [2.24, 2.45) is 0 Å². The predicted octanol–water partition coefficient (Wildman–Crippen LogP) is 2.22. The van der Waals surface area contributed by atoms with E-state index in [4.69, 9.17) is 0 Å². The second kappa shape index (κ2) is 7.43. The molecule has 132 valence electrons. The van der Waals surface area contributed by atoms with Gasteiger partial charge in [0.05, 0.1) is 5.69 Å². The lowest BCUT2D eigenvalue weighted by molar-refractivity contribution is 0.631. The van der Waals surface area contributed by atoms with Crippen LogP contribution in [0.1, 0.15) is 12.5 Å². The summed E-state index contributed by atoms with van der Waals surface area (Å²) in [4.78, 5) is 17.5. The Morgan fingerprint density at radius 2 is 1.65 bits per heavy atom. The van der Waals surface area contributed by atoms with Gasteiger partial charge in [-0.05, 0) is 36.2 Å². The molecule has 1 saturated heterocycles. The van der Waals surface area contributed by atoms with Crippen LogP contribution in [0.15, 0.2) is 49.1 Å². The average molecular weight is 347 g/mol. The number of pyridine rings is 1. The summed E-state index contributed by atoms with van der Waals surface area (Å²) < 4.78 is 0. The molecule has 3 aromatic rings. The number of anilines is 2. The normalized spacial score (nSPS) is 14.5. The molecule has 0 bridgehead atoms. The highest BCUT2D eigenvalue weighted by atomic mass is 15.3. The fraction of sp³-hybridized carbons (Fsp3) is 0.316. The Balaban J connectivity index is 1.40.